The molecular weight excluding hydrogens is 274 g/mol. The summed E-state index contributed by atoms with van der Waals surface area (Å²) in [5.41, 5.74) is 3.41. The van der Waals surface area contributed by atoms with Gasteiger partial charge in [-0.05, 0) is 48.5 Å². The lowest BCUT2D eigenvalue weighted by molar-refractivity contribution is 0.101. The molecule has 2 N–H and O–H groups in total. The molecule has 4 heteroatoms. The molecule has 0 bridgehead atoms. The molecule has 4 nitrogen and oxygen atoms in total. The van der Waals surface area contributed by atoms with Crippen LogP contribution in [0.15, 0.2) is 72.9 Å². The highest BCUT2D eigenvalue weighted by Gasteiger charge is 2.08. The summed E-state index contributed by atoms with van der Waals surface area (Å²) in [6.07, 6.45) is 1.85. The molecule has 0 aliphatic rings. The van der Waals surface area contributed by atoms with Crippen molar-refractivity contribution < 1.29 is 4.79 Å². The number of nitrogens with one attached hydrogen (secondary N) is 2. The van der Waals surface area contributed by atoms with Crippen molar-refractivity contribution in [1.82, 2.24) is 4.57 Å². The van der Waals surface area contributed by atoms with E-state index in [1.807, 2.05) is 73.9 Å². The average molecular weight is 291 g/mol. The summed E-state index contributed by atoms with van der Waals surface area (Å²) in [6, 6.07) is 21.2. The van der Waals surface area contributed by atoms with Crippen molar-refractivity contribution in [2.75, 3.05) is 10.6 Å². The smallest absolute Gasteiger partial charge is 0.272 e. The highest BCUT2D eigenvalue weighted by molar-refractivity contribution is 6.03. The molecule has 22 heavy (non-hydrogen) atoms. The second-order valence-electron chi connectivity index (χ2n) is 5.03. The Kier molecular flexibility index (Phi) is 3.92. The number of carbonyl (C=O) groups excluding carboxylic acids is 1. The number of anilines is 3. The summed E-state index contributed by atoms with van der Waals surface area (Å²) in [5, 5.41) is 6.19. The normalized spacial score (nSPS) is 10.2. The minimum atomic E-state index is -0.115. The molecule has 0 saturated carbocycles. The van der Waals surface area contributed by atoms with E-state index in [9.17, 15) is 4.79 Å². The summed E-state index contributed by atoms with van der Waals surface area (Å²) in [4.78, 5) is 12.1. The zero-order valence-electron chi connectivity index (χ0n) is 12.3. The molecule has 3 rings (SSSR count). The molecule has 0 radical (unpaired) electrons. The van der Waals surface area contributed by atoms with Crippen LogP contribution in [-0.2, 0) is 7.05 Å². The molecule has 0 atom stereocenters. The van der Waals surface area contributed by atoms with Crippen molar-refractivity contribution in [3.8, 4) is 0 Å². The molecule has 0 aliphatic carbocycles. The number of hydrogen-bond acceptors (Lipinski definition) is 2. The van der Waals surface area contributed by atoms with Crippen LogP contribution in [0.1, 0.15) is 10.5 Å². The third kappa shape index (κ3) is 3.17. The first-order valence-electron chi connectivity index (χ1n) is 7.07. The molecular formula is C18H17N3O. The van der Waals surface area contributed by atoms with Gasteiger partial charge in [-0.3, -0.25) is 4.79 Å². The molecule has 0 fully saturated rings. The predicted molar refractivity (Wildman–Crippen MR) is 89.5 cm³/mol. The van der Waals surface area contributed by atoms with Gasteiger partial charge in [-0.15, -0.1) is 0 Å². The molecule has 0 spiro atoms. The van der Waals surface area contributed by atoms with Crippen molar-refractivity contribution in [1.29, 1.82) is 0 Å². The standard InChI is InChI=1S/C18H17N3O/c1-21-13-5-8-17(21)18(22)20-16-11-9-15(10-12-16)19-14-6-3-2-4-7-14/h2-13,19H,1H3,(H,20,22). The molecule has 0 aliphatic heterocycles. The van der Waals surface area contributed by atoms with Crippen LogP contribution in [0.5, 0.6) is 0 Å². The van der Waals surface area contributed by atoms with Gasteiger partial charge in [0, 0.05) is 30.3 Å². The second-order valence-corrected chi connectivity index (χ2v) is 5.03. The Hall–Kier alpha value is -3.01. The molecule has 1 amide bonds. The van der Waals surface area contributed by atoms with E-state index >= 15 is 0 Å². The van der Waals surface area contributed by atoms with Crippen LogP contribution >= 0.6 is 0 Å². The highest BCUT2D eigenvalue weighted by Crippen LogP contribution is 2.19. The van der Waals surface area contributed by atoms with Crippen LogP contribution in [0, 0.1) is 0 Å². The van der Waals surface area contributed by atoms with Crippen molar-refractivity contribution >= 4 is 23.0 Å². The lowest BCUT2D eigenvalue weighted by atomic mass is 10.2. The van der Waals surface area contributed by atoms with Gasteiger partial charge in [0.2, 0.25) is 0 Å². The van der Waals surface area contributed by atoms with Gasteiger partial charge in [0.15, 0.2) is 0 Å². The maximum atomic E-state index is 12.1. The Morgan fingerprint density at radius 2 is 1.45 bits per heavy atom. The largest absolute Gasteiger partial charge is 0.356 e. The Balaban J connectivity index is 1.67. The molecule has 1 heterocycles. The monoisotopic (exact) mass is 291 g/mol. The Morgan fingerprint density at radius 1 is 0.818 bits per heavy atom. The van der Waals surface area contributed by atoms with Crippen LogP contribution in [0.3, 0.4) is 0 Å². The fraction of sp³-hybridized carbons (Fsp3) is 0.0556. The first kappa shape index (κ1) is 13.9. The maximum absolute atomic E-state index is 12.1. The summed E-state index contributed by atoms with van der Waals surface area (Å²) in [6.45, 7) is 0. The third-order valence-corrected chi connectivity index (χ3v) is 3.38. The topological polar surface area (TPSA) is 46.1 Å². The van der Waals surface area contributed by atoms with Crippen molar-refractivity contribution in [3.63, 3.8) is 0 Å². The van der Waals surface area contributed by atoms with Gasteiger partial charge in [-0.2, -0.15) is 0 Å². The van der Waals surface area contributed by atoms with Crippen molar-refractivity contribution in [2.24, 2.45) is 7.05 Å². The third-order valence-electron chi connectivity index (χ3n) is 3.38. The molecule has 1 aromatic heterocycles. The number of carbonyl (C=O) groups is 1. The average Bonchev–Trinajstić information content (AvgIpc) is 2.96. The first-order valence-corrected chi connectivity index (χ1v) is 7.07. The van der Waals surface area contributed by atoms with E-state index < -0.39 is 0 Å². The number of hydrogen-bond donors (Lipinski definition) is 2. The van der Waals surface area contributed by atoms with Gasteiger partial charge in [0.05, 0.1) is 0 Å². The van der Waals surface area contributed by atoms with Crippen LogP contribution in [-0.4, -0.2) is 10.5 Å². The van der Waals surface area contributed by atoms with E-state index in [4.69, 9.17) is 0 Å². The summed E-state index contributed by atoms with van der Waals surface area (Å²) in [7, 11) is 1.85. The fourth-order valence-electron chi connectivity index (χ4n) is 2.22. The SMILES string of the molecule is Cn1cccc1C(=O)Nc1ccc(Nc2ccccc2)cc1. The van der Waals surface area contributed by atoms with Gasteiger partial charge in [-0.1, -0.05) is 18.2 Å². The van der Waals surface area contributed by atoms with Gasteiger partial charge < -0.3 is 15.2 Å². The summed E-state index contributed by atoms with van der Waals surface area (Å²) >= 11 is 0. The number of para-hydroxylation sites is 1. The van der Waals surface area contributed by atoms with Crippen LogP contribution in [0.25, 0.3) is 0 Å². The van der Waals surface area contributed by atoms with Crippen LogP contribution < -0.4 is 10.6 Å². The van der Waals surface area contributed by atoms with E-state index in [1.54, 1.807) is 10.6 Å². The summed E-state index contributed by atoms with van der Waals surface area (Å²) < 4.78 is 1.79. The van der Waals surface area contributed by atoms with E-state index in [0.717, 1.165) is 17.1 Å². The minimum absolute atomic E-state index is 0.115. The Labute approximate surface area is 129 Å². The zero-order valence-corrected chi connectivity index (χ0v) is 12.3. The van der Waals surface area contributed by atoms with E-state index in [-0.39, 0.29) is 5.91 Å². The second kappa shape index (κ2) is 6.18. The van der Waals surface area contributed by atoms with Crippen LogP contribution in [0.4, 0.5) is 17.1 Å². The van der Waals surface area contributed by atoms with Crippen molar-refractivity contribution in [3.05, 3.63) is 78.6 Å². The number of aromatic nitrogens is 1. The summed E-state index contributed by atoms with van der Waals surface area (Å²) in [5.74, 6) is -0.115. The van der Waals surface area contributed by atoms with Gasteiger partial charge >= 0.3 is 0 Å². The molecule has 110 valence electrons. The predicted octanol–water partition coefficient (Wildman–Crippen LogP) is 4.02. The lowest BCUT2D eigenvalue weighted by Crippen LogP contribution is -2.15. The number of aryl methyl sites for hydroxylation is 1. The fourth-order valence-corrected chi connectivity index (χ4v) is 2.22. The molecule has 0 saturated heterocycles. The number of benzene rings is 2. The Bertz CT molecular complexity index is 761. The Morgan fingerprint density at radius 3 is 2.09 bits per heavy atom. The van der Waals surface area contributed by atoms with Gasteiger partial charge in [0.1, 0.15) is 5.69 Å². The van der Waals surface area contributed by atoms with E-state index in [2.05, 4.69) is 10.6 Å². The van der Waals surface area contributed by atoms with Gasteiger partial charge in [-0.25, -0.2) is 0 Å². The minimum Gasteiger partial charge on any atom is -0.356 e. The van der Waals surface area contributed by atoms with Crippen LogP contribution in [0.2, 0.25) is 0 Å². The lowest BCUT2D eigenvalue weighted by Gasteiger charge is -2.09. The maximum Gasteiger partial charge on any atom is 0.272 e. The van der Waals surface area contributed by atoms with Gasteiger partial charge in [0.25, 0.3) is 5.91 Å². The first-order chi connectivity index (χ1) is 10.7. The molecule has 2 aromatic carbocycles. The molecule has 3 aromatic rings. The highest BCUT2D eigenvalue weighted by atomic mass is 16.1. The van der Waals surface area contributed by atoms with E-state index in [0.29, 0.717) is 5.69 Å². The quantitative estimate of drug-likeness (QED) is 0.762. The number of nitrogens with zero attached hydrogens (tertiary/aromatic N) is 1. The zero-order chi connectivity index (χ0) is 15.4. The number of amides is 1. The molecule has 0 unspecified atom stereocenters. The van der Waals surface area contributed by atoms with Crippen molar-refractivity contribution in [2.45, 2.75) is 0 Å². The van der Waals surface area contributed by atoms with E-state index in [1.165, 1.54) is 0 Å². The number of rotatable bonds is 4.